The average Bonchev–Trinajstić information content (AvgIpc) is 2.71. The molecule has 1 fully saturated rings. The Hall–Kier alpha value is -1.50. The van der Waals surface area contributed by atoms with Crippen molar-refractivity contribution in [1.29, 1.82) is 0 Å². The van der Waals surface area contributed by atoms with Crippen LogP contribution in [0.4, 0.5) is 5.95 Å². The van der Waals surface area contributed by atoms with E-state index in [0.717, 1.165) is 50.4 Å². The van der Waals surface area contributed by atoms with Crippen LogP contribution in [0, 0.1) is 0 Å². The van der Waals surface area contributed by atoms with Crippen LogP contribution in [0.5, 0.6) is 0 Å². The van der Waals surface area contributed by atoms with Crippen molar-refractivity contribution in [1.82, 2.24) is 9.58 Å². The fraction of sp³-hybridized carbons (Fsp3) is 0.462. The molecule has 1 aliphatic heterocycles. The number of ether oxygens (including phenoxy) is 1. The van der Waals surface area contributed by atoms with Gasteiger partial charge >= 0.3 is 5.95 Å². The van der Waals surface area contributed by atoms with Crippen LogP contribution in [0.15, 0.2) is 24.3 Å². The highest BCUT2D eigenvalue weighted by Gasteiger charge is 2.20. The molecule has 0 atom stereocenters. The number of rotatable bonds is 3. The summed E-state index contributed by atoms with van der Waals surface area (Å²) in [6, 6.07) is 8.01. The Bertz CT molecular complexity index is 579. The summed E-state index contributed by atoms with van der Waals surface area (Å²) in [4.78, 5) is 2.39. The van der Waals surface area contributed by atoms with Crippen LogP contribution < -0.4 is 28.6 Å². The van der Waals surface area contributed by atoms with Crippen LogP contribution in [0.3, 0.4) is 0 Å². The lowest BCUT2D eigenvalue weighted by Crippen LogP contribution is -3.00. The fourth-order valence-electron chi connectivity index (χ4n) is 2.57. The molecule has 1 saturated heterocycles. The maximum Gasteiger partial charge on any atom is 0.378 e. The van der Waals surface area contributed by atoms with E-state index in [4.69, 9.17) is 16.3 Å². The van der Waals surface area contributed by atoms with Crippen molar-refractivity contribution in [3.63, 3.8) is 0 Å². The summed E-state index contributed by atoms with van der Waals surface area (Å²) in [5.74, 6) is 6.58. The third kappa shape index (κ3) is 2.67. The SMILES string of the molecule is Nc1n(N)c2ccccc2[n+]1CCN1CCOCC1.[Cl-]. The number of nitrogen functional groups attached to an aromatic ring is 2. The second kappa shape index (κ2) is 6.30. The van der Waals surface area contributed by atoms with E-state index in [0.29, 0.717) is 5.95 Å². The van der Waals surface area contributed by atoms with Gasteiger partial charge in [0.15, 0.2) is 5.52 Å². The zero-order chi connectivity index (χ0) is 13.2. The van der Waals surface area contributed by atoms with Crippen LogP contribution in [0.2, 0.25) is 0 Å². The highest BCUT2D eigenvalue weighted by Crippen LogP contribution is 2.12. The molecule has 1 aliphatic rings. The molecule has 0 unspecified atom stereocenters. The Balaban J connectivity index is 0.00000147. The van der Waals surface area contributed by atoms with Crippen LogP contribution in [-0.2, 0) is 11.3 Å². The number of para-hydroxylation sites is 2. The molecule has 0 amide bonds. The monoisotopic (exact) mass is 297 g/mol. The molecule has 2 heterocycles. The summed E-state index contributed by atoms with van der Waals surface area (Å²) in [6.07, 6.45) is 0. The molecule has 20 heavy (non-hydrogen) atoms. The maximum atomic E-state index is 6.09. The van der Waals surface area contributed by atoms with E-state index in [2.05, 4.69) is 9.47 Å². The second-order valence-electron chi connectivity index (χ2n) is 4.82. The zero-order valence-electron chi connectivity index (χ0n) is 11.3. The average molecular weight is 298 g/mol. The molecule has 0 radical (unpaired) electrons. The van der Waals surface area contributed by atoms with Gasteiger partial charge in [-0.3, -0.25) is 16.5 Å². The number of benzene rings is 1. The van der Waals surface area contributed by atoms with Crippen LogP contribution in [-0.4, -0.2) is 42.4 Å². The van der Waals surface area contributed by atoms with E-state index in [9.17, 15) is 0 Å². The topological polar surface area (TPSA) is 73.3 Å². The smallest absolute Gasteiger partial charge is 0.378 e. The molecule has 0 saturated carbocycles. The number of hydrogen-bond donors (Lipinski definition) is 2. The number of nitrogens with zero attached hydrogens (tertiary/aromatic N) is 3. The number of hydrogen-bond acceptors (Lipinski definition) is 4. The first-order valence-electron chi connectivity index (χ1n) is 6.61. The van der Waals surface area contributed by atoms with Gasteiger partial charge in [0.1, 0.15) is 5.52 Å². The molecule has 6 nitrogen and oxygen atoms in total. The van der Waals surface area contributed by atoms with Crippen molar-refractivity contribution in [2.75, 3.05) is 44.4 Å². The van der Waals surface area contributed by atoms with Gasteiger partial charge in [-0.25, -0.2) is 4.57 Å². The minimum Gasteiger partial charge on any atom is -1.00 e. The summed E-state index contributed by atoms with van der Waals surface area (Å²) in [7, 11) is 0. The first kappa shape index (κ1) is 14.9. The third-order valence-corrected chi connectivity index (χ3v) is 3.70. The summed E-state index contributed by atoms with van der Waals surface area (Å²) in [5.41, 5.74) is 8.13. The van der Waals surface area contributed by atoms with Crippen molar-refractivity contribution in [2.45, 2.75) is 6.54 Å². The van der Waals surface area contributed by atoms with Crippen LogP contribution in [0.25, 0.3) is 11.0 Å². The number of fused-ring (bicyclic) bond motifs is 1. The molecule has 0 bridgehead atoms. The van der Waals surface area contributed by atoms with Crippen molar-refractivity contribution in [3.05, 3.63) is 24.3 Å². The largest absolute Gasteiger partial charge is 1.00 e. The van der Waals surface area contributed by atoms with Gasteiger partial charge in [0.05, 0.1) is 19.8 Å². The number of anilines is 1. The highest BCUT2D eigenvalue weighted by atomic mass is 35.5. The minimum absolute atomic E-state index is 0. The van der Waals surface area contributed by atoms with E-state index < -0.39 is 0 Å². The Labute approximate surface area is 124 Å². The Morgan fingerprint density at radius 1 is 1.20 bits per heavy atom. The molecular formula is C13H20ClN5O. The first-order valence-corrected chi connectivity index (χ1v) is 6.61. The predicted octanol–water partition coefficient (Wildman–Crippen LogP) is -3.44. The van der Waals surface area contributed by atoms with Gasteiger partial charge in [0.2, 0.25) is 0 Å². The number of imidazole rings is 1. The molecule has 1 aromatic heterocycles. The summed E-state index contributed by atoms with van der Waals surface area (Å²) >= 11 is 0. The number of halogens is 1. The molecule has 0 aliphatic carbocycles. The van der Waals surface area contributed by atoms with Crippen molar-refractivity contribution in [3.8, 4) is 0 Å². The zero-order valence-corrected chi connectivity index (χ0v) is 12.1. The fourth-order valence-corrected chi connectivity index (χ4v) is 2.57. The number of morpholine rings is 1. The van der Waals surface area contributed by atoms with Gasteiger partial charge < -0.3 is 17.1 Å². The van der Waals surface area contributed by atoms with Gasteiger partial charge in [-0.1, -0.05) is 12.1 Å². The molecule has 4 N–H and O–H groups in total. The van der Waals surface area contributed by atoms with Gasteiger partial charge in [-0.05, 0) is 12.1 Å². The second-order valence-corrected chi connectivity index (χ2v) is 4.82. The summed E-state index contributed by atoms with van der Waals surface area (Å²) in [6.45, 7) is 5.42. The lowest BCUT2D eigenvalue weighted by molar-refractivity contribution is -0.657. The van der Waals surface area contributed by atoms with Gasteiger partial charge in [-0.15, -0.1) is 4.68 Å². The molecule has 0 spiro atoms. The maximum absolute atomic E-state index is 6.09. The van der Waals surface area contributed by atoms with Gasteiger partial charge in [-0.2, -0.15) is 0 Å². The first-order chi connectivity index (χ1) is 9.27. The molecule has 110 valence electrons. The molecule has 1 aromatic carbocycles. The Kier molecular flexibility index (Phi) is 4.69. The van der Waals surface area contributed by atoms with E-state index in [-0.39, 0.29) is 12.4 Å². The van der Waals surface area contributed by atoms with E-state index in [1.807, 2.05) is 24.3 Å². The summed E-state index contributed by atoms with van der Waals surface area (Å²) in [5, 5.41) is 0. The molecular weight excluding hydrogens is 278 g/mol. The molecule has 3 rings (SSSR count). The highest BCUT2D eigenvalue weighted by molar-refractivity contribution is 5.73. The third-order valence-electron chi connectivity index (χ3n) is 3.70. The van der Waals surface area contributed by atoms with E-state index in [1.54, 1.807) is 4.68 Å². The minimum atomic E-state index is 0. The standard InChI is InChI=1S/C13H19N5O.ClH/c14-13-17(6-5-16-7-9-19-10-8-16)11-3-1-2-4-12(11)18(13)15;/h1-4,14H,5-10,15H2;1H. The summed E-state index contributed by atoms with van der Waals surface area (Å²) < 4.78 is 8.98. The van der Waals surface area contributed by atoms with Crippen molar-refractivity contribution >= 4 is 17.0 Å². The van der Waals surface area contributed by atoms with Crippen LogP contribution in [0.1, 0.15) is 0 Å². The van der Waals surface area contributed by atoms with E-state index >= 15 is 0 Å². The van der Waals surface area contributed by atoms with Crippen molar-refractivity contribution < 1.29 is 21.7 Å². The van der Waals surface area contributed by atoms with Gasteiger partial charge in [0.25, 0.3) is 0 Å². The quantitative estimate of drug-likeness (QED) is 0.457. The number of aromatic nitrogens is 2. The van der Waals surface area contributed by atoms with Crippen LogP contribution >= 0.6 is 0 Å². The van der Waals surface area contributed by atoms with E-state index in [1.165, 1.54) is 0 Å². The lowest BCUT2D eigenvalue weighted by atomic mass is 10.3. The predicted molar refractivity (Wildman–Crippen MR) is 74.0 cm³/mol. The normalized spacial score (nSPS) is 16.2. The number of nitrogens with two attached hydrogens (primary N) is 2. The lowest BCUT2D eigenvalue weighted by Gasteiger charge is -2.25. The Morgan fingerprint density at radius 2 is 1.90 bits per heavy atom. The molecule has 7 heteroatoms. The molecule has 2 aromatic rings. The Morgan fingerprint density at radius 3 is 2.65 bits per heavy atom. The van der Waals surface area contributed by atoms with Gasteiger partial charge in [0, 0.05) is 19.6 Å². The van der Waals surface area contributed by atoms with Crippen molar-refractivity contribution in [2.24, 2.45) is 0 Å².